The van der Waals surface area contributed by atoms with Crippen molar-refractivity contribution in [1.82, 2.24) is 0 Å². The number of halogens is 9. The van der Waals surface area contributed by atoms with Crippen molar-refractivity contribution in [3.63, 3.8) is 0 Å². The lowest BCUT2D eigenvalue weighted by Gasteiger charge is -2.20. The largest absolute Gasteiger partial charge is 0.417 e. The Morgan fingerprint density at radius 3 is 2.06 bits per heavy atom. The Balaban J connectivity index is 2.62. The molecule has 0 bridgehead atoms. The fourth-order valence-corrected chi connectivity index (χ4v) is 3.66. The molecule has 0 fully saturated rings. The van der Waals surface area contributed by atoms with Crippen LogP contribution in [-0.4, -0.2) is 12.0 Å². The van der Waals surface area contributed by atoms with Crippen LogP contribution in [0.15, 0.2) is 49.1 Å². The van der Waals surface area contributed by atoms with E-state index in [9.17, 15) is 35.5 Å². The maximum absolute atomic E-state index is 14.7. The van der Waals surface area contributed by atoms with Crippen molar-refractivity contribution in [2.24, 2.45) is 0 Å². The zero-order chi connectivity index (χ0) is 24.4. The Morgan fingerprint density at radius 1 is 1.06 bits per heavy atom. The molecular formula is C22H15Cl2F7O. The van der Waals surface area contributed by atoms with Crippen LogP contribution in [-0.2, 0) is 12.6 Å². The number of benzene rings is 2. The number of carbonyl (C=O) groups excluding carboxylic acids is 1. The van der Waals surface area contributed by atoms with Crippen LogP contribution in [0.3, 0.4) is 0 Å². The summed E-state index contributed by atoms with van der Waals surface area (Å²) in [6, 6.07) is 3.75. The van der Waals surface area contributed by atoms with E-state index in [1.807, 2.05) is 0 Å². The fourth-order valence-electron chi connectivity index (χ4n) is 3.00. The highest BCUT2D eigenvalue weighted by Gasteiger charge is 2.41. The first-order valence-electron chi connectivity index (χ1n) is 8.92. The van der Waals surface area contributed by atoms with E-state index in [1.54, 1.807) is 0 Å². The highest BCUT2D eigenvalue weighted by molar-refractivity contribution is 6.36. The summed E-state index contributed by atoms with van der Waals surface area (Å²) < 4.78 is 95.6. The molecule has 0 N–H and O–H groups in total. The fraction of sp³-hybridized carbons (Fsp3) is 0.227. The molecule has 2 aromatic carbocycles. The molecule has 0 aliphatic carbocycles. The molecule has 0 aliphatic rings. The molecule has 1 atom stereocenters. The van der Waals surface area contributed by atoms with Gasteiger partial charge in [-0.15, -0.1) is 6.58 Å². The number of hydrogen-bond donors (Lipinski definition) is 0. The van der Waals surface area contributed by atoms with Gasteiger partial charge in [0.15, 0.2) is 5.78 Å². The van der Waals surface area contributed by atoms with Gasteiger partial charge in [-0.3, -0.25) is 4.79 Å². The van der Waals surface area contributed by atoms with Gasteiger partial charge < -0.3 is 0 Å². The van der Waals surface area contributed by atoms with Gasteiger partial charge in [0.2, 0.25) is 0 Å². The van der Waals surface area contributed by atoms with Gasteiger partial charge >= 0.3 is 12.4 Å². The quantitative estimate of drug-likeness (QED) is 0.221. The third kappa shape index (κ3) is 5.92. The number of hydrogen-bond acceptors (Lipinski definition) is 1. The Kier molecular flexibility index (Phi) is 7.83. The van der Waals surface area contributed by atoms with Crippen LogP contribution in [0.1, 0.15) is 45.5 Å². The van der Waals surface area contributed by atoms with Crippen molar-refractivity contribution in [1.29, 1.82) is 0 Å². The second kappa shape index (κ2) is 9.67. The molecule has 2 aromatic rings. The predicted molar refractivity (Wildman–Crippen MR) is 110 cm³/mol. The molecule has 0 amide bonds. The number of ketones is 1. The molecule has 0 saturated heterocycles. The van der Waals surface area contributed by atoms with Crippen molar-refractivity contribution in [3.8, 4) is 0 Å². The van der Waals surface area contributed by atoms with E-state index in [1.165, 1.54) is 6.08 Å². The van der Waals surface area contributed by atoms with Gasteiger partial charge in [-0.1, -0.05) is 41.4 Å². The van der Waals surface area contributed by atoms with Crippen LogP contribution in [0.25, 0.3) is 5.83 Å². The van der Waals surface area contributed by atoms with E-state index in [0.717, 1.165) is 25.1 Å². The normalized spacial score (nSPS) is 13.8. The molecule has 0 spiro atoms. The Hall–Kier alpha value is -2.32. The SMILES string of the molecule is C=CCc1c(Cl)cc(C(/C=C(\F)c2ccc(C(C)=O)c(C(F)(F)F)c2)C(F)(F)F)cc1Cl. The highest BCUT2D eigenvalue weighted by atomic mass is 35.5. The first-order valence-corrected chi connectivity index (χ1v) is 9.67. The summed E-state index contributed by atoms with van der Waals surface area (Å²) in [5.74, 6) is -5.03. The van der Waals surface area contributed by atoms with Crippen molar-refractivity contribution in [2.45, 2.75) is 31.6 Å². The molecule has 32 heavy (non-hydrogen) atoms. The van der Waals surface area contributed by atoms with E-state index < -0.39 is 52.1 Å². The minimum atomic E-state index is -5.01. The molecule has 0 radical (unpaired) electrons. The second-order valence-electron chi connectivity index (χ2n) is 6.80. The first kappa shape index (κ1) is 25.9. The number of rotatable bonds is 6. The number of allylic oxidation sites excluding steroid dienone is 2. The monoisotopic (exact) mass is 498 g/mol. The van der Waals surface area contributed by atoms with Crippen LogP contribution < -0.4 is 0 Å². The van der Waals surface area contributed by atoms with Gasteiger partial charge in [-0.05, 0) is 48.7 Å². The summed E-state index contributed by atoms with van der Waals surface area (Å²) >= 11 is 12.0. The van der Waals surface area contributed by atoms with Gasteiger partial charge in [0, 0.05) is 21.2 Å². The average molecular weight is 499 g/mol. The lowest BCUT2D eigenvalue weighted by Crippen LogP contribution is -2.19. The first-order chi connectivity index (χ1) is 14.7. The van der Waals surface area contributed by atoms with Crippen molar-refractivity contribution >= 4 is 34.8 Å². The van der Waals surface area contributed by atoms with Gasteiger partial charge in [0.05, 0.1) is 5.56 Å². The summed E-state index contributed by atoms with van der Waals surface area (Å²) in [4.78, 5) is 11.4. The van der Waals surface area contributed by atoms with E-state index in [0.29, 0.717) is 17.7 Å². The molecule has 10 heteroatoms. The average Bonchev–Trinajstić information content (AvgIpc) is 2.66. The number of Topliss-reactive ketones (excluding diaryl/α,β-unsaturated/α-hetero) is 1. The molecule has 1 nitrogen and oxygen atoms in total. The Labute approximate surface area is 189 Å². The number of carbonyl (C=O) groups is 1. The van der Waals surface area contributed by atoms with Crippen molar-refractivity contribution < 1.29 is 35.5 Å². The molecule has 0 saturated carbocycles. The molecule has 0 aliphatic heterocycles. The zero-order valence-corrected chi connectivity index (χ0v) is 17.9. The molecule has 2 rings (SSSR count). The van der Waals surface area contributed by atoms with Crippen LogP contribution in [0.4, 0.5) is 30.7 Å². The van der Waals surface area contributed by atoms with E-state index >= 15 is 0 Å². The maximum atomic E-state index is 14.7. The smallest absolute Gasteiger partial charge is 0.294 e. The number of alkyl halides is 6. The van der Waals surface area contributed by atoms with Gasteiger partial charge in [-0.2, -0.15) is 26.3 Å². The minimum absolute atomic E-state index is 0.0966. The van der Waals surface area contributed by atoms with Crippen molar-refractivity contribution in [3.05, 3.63) is 86.9 Å². The Bertz CT molecular complexity index is 1050. The predicted octanol–water partition coefficient (Wildman–Crippen LogP) is 8.60. The van der Waals surface area contributed by atoms with E-state index in [-0.39, 0.29) is 22.5 Å². The van der Waals surface area contributed by atoms with Crippen LogP contribution >= 0.6 is 23.2 Å². The summed E-state index contributed by atoms with van der Waals surface area (Å²) in [5.41, 5.74) is -3.11. The van der Waals surface area contributed by atoms with Crippen LogP contribution in [0, 0.1) is 0 Å². The summed E-state index contributed by atoms with van der Waals surface area (Å²) in [7, 11) is 0. The van der Waals surface area contributed by atoms with Crippen LogP contribution in [0.5, 0.6) is 0 Å². The lowest BCUT2D eigenvalue weighted by molar-refractivity contribution is -0.140. The standard InChI is InChI=1S/C22H15Cl2F7O/c1-3-4-15-18(23)8-13(9-19(15)24)16(21(26,27)28)10-20(25)12-5-6-14(11(2)32)17(7-12)22(29,30)31/h3,5-10,16H,1,4H2,2H3/b20-10-. The highest BCUT2D eigenvalue weighted by Crippen LogP contribution is 2.42. The summed E-state index contributed by atoms with van der Waals surface area (Å²) in [6.45, 7) is 4.38. The van der Waals surface area contributed by atoms with E-state index in [4.69, 9.17) is 23.2 Å². The van der Waals surface area contributed by atoms with Crippen molar-refractivity contribution in [2.75, 3.05) is 0 Å². The molecule has 0 heterocycles. The van der Waals surface area contributed by atoms with E-state index in [2.05, 4.69) is 6.58 Å². The summed E-state index contributed by atoms with van der Waals surface area (Å²) in [6.07, 6.45) is -8.25. The Morgan fingerprint density at radius 2 is 1.62 bits per heavy atom. The van der Waals surface area contributed by atoms with Gasteiger partial charge in [0.25, 0.3) is 0 Å². The second-order valence-corrected chi connectivity index (χ2v) is 7.62. The topological polar surface area (TPSA) is 17.1 Å². The molecule has 1 unspecified atom stereocenters. The van der Waals surface area contributed by atoms with Crippen LogP contribution in [0.2, 0.25) is 10.0 Å². The summed E-state index contributed by atoms with van der Waals surface area (Å²) in [5, 5.41) is -0.193. The molecule has 172 valence electrons. The molecular weight excluding hydrogens is 484 g/mol. The zero-order valence-electron chi connectivity index (χ0n) is 16.3. The van der Waals surface area contributed by atoms with Gasteiger partial charge in [-0.25, -0.2) is 4.39 Å². The lowest BCUT2D eigenvalue weighted by atomic mass is 9.94. The van der Waals surface area contributed by atoms with Gasteiger partial charge in [0.1, 0.15) is 11.7 Å². The minimum Gasteiger partial charge on any atom is -0.294 e. The maximum Gasteiger partial charge on any atom is 0.417 e. The third-order valence-electron chi connectivity index (χ3n) is 4.52. The molecule has 0 aromatic heterocycles. The third-order valence-corrected chi connectivity index (χ3v) is 5.19.